The Balaban J connectivity index is 2.22. The molecule has 0 saturated heterocycles. The van der Waals surface area contributed by atoms with E-state index in [0.717, 1.165) is 5.56 Å². The largest absolute Gasteiger partial charge is 0.467 e. The second-order valence-corrected chi connectivity index (χ2v) is 5.11. The number of benzene rings is 1. The van der Waals surface area contributed by atoms with Gasteiger partial charge in [0.2, 0.25) is 5.91 Å². The Morgan fingerprint density at radius 2 is 1.88 bits per heavy atom. The summed E-state index contributed by atoms with van der Waals surface area (Å²) >= 11 is 0. The lowest BCUT2D eigenvalue weighted by Gasteiger charge is -2.14. The van der Waals surface area contributed by atoms with Gasteiger partial charge in [-0.1, -0.05) is 30.3 Å². The van der Waals surface area contributed by atoms with Crippen molar-refractivity contribution in [1.82, 2.24) is 10.6 Å². The summed E-state index contributed by atoms with van der Waals surface area (Å²) in [6.45, 7) is 1.43. The molecule has 0 spiro atoms. The van der Waals surface area contributed by atoms with Crippen molar-refractivity contribution >= 4 is 18.0 Å². The van der Waals surface area contributed by atoms with Crippen molar-refractivity contribution in [2.24, 2.45) is 0 Å². The van der Waals surface area contributed by atoms with Crippen LogP contribution >= 0.6 is 0 Å². The van der Waals surface area contributed by atoms with Crippen molar-refractivity contribution in [2.45, 2.75) is 32.1 Å². The van der Waals surface area contributed by atoms with Crippen LogP contribution in [-0.2, 0) is 25.7 Å². The zero-order valence-electron chi connectivity index (χ0n) is 13.7. The molecule has 0 aliphatic carbocycles. The van der Waals surface area contributed by atoms with E-state index in [1.807, 2.05) is 30.3 Å². The van der Waals surface area contributed by atoms with Crippen LogP contribution in [0.5, 0.6) is 0 Å². The van der Waals surface area contributed by atoms with Gasteiger partial charge in [0.05, 0.1) is 19.6 Å². The van der Waals surface area contributed by atoms with Crippen molar-refractivity contribution in [2.75, 3.05) is 13.7 Å². The second-order valence-electron chi connectivity index (χ2n) is 5.11. The number of esters is 1. The number of carbonyl (C=O) groups excluding carboxylic acids is 3. The molecule has 0 unspecified atom stereocenters. The van der Waals surface area contributed by atoms with Crippen LogP contribution in [0.1, 0.15) is 18.9 Å². The van der Waals surface area contributed by atoms with Crippen LogP contribution in [0.3, 0.4) is 0 Å². The van der Waals surface area contributed by atoms with Gasteiger partial charge in [0.15, 0.2) is 0 Å². The van der Waals surface area contributed by atoms with Crippen LogP contribution < -0.4 is 10.6 Å². The Morgan fingerprint density at radius 3 is 2.50 bits per heavy atom. The Hall–Kier alpha value is -2.61. The molecule has 1 aromatic carbocycles. The molecule has 0 saturated carbocycles. The lowest BCUT2D eigenvalue weighted by Crippen LogP contribution is -2.42. The molecule has 0 aliphatic rings. The molecule has 0 aromatic heterocycles. The van der Waals surface area contributed by atoms with Crippen molar-refractivity contribution in [3.63, 3.8) is 0 Å². The molecule has 1 rings (SSSR count). The van der Waals surface area contributed by atoms with Gasteiger partial charge in [-0.15, -0.1) is 0 Å². The van der Waals surface area contributed by atoms with Crippen LogP contribution in [0.25, 0.3) is 0 Å². The standard InChI is InChI=1S/C16H22N2O6/c1-11(15(21)23-2)18-14(20)8-13(19)9-17-16(22)24-10-12-6-4-3-5-7-12/h3-7,11,13,19H,8-10H2,1-2H3,(H,17,22)(H,18,20)/t11-,13-/m1/s1. The van der Waals surface area contributed by atoms with Crippen LogP contribution in [0, 0.1) is 0 Å². The Labute approximate surface area is 140 Å². The van der Waals surface area contributed by atoms with Crippen LogP contribution in [0.4, 0.5) is 4.79 Å². The summed E-state index contributed by atoms with van der Waals surface area (Å²) in [6.07, 6.45) is -2.05. The number of alkyl carbamates (subject to hydrolysis) is 1. The van der Waals surface area contributed by atoms with E-state index in [4.69, 9.17) is 4.74 Å². The molecule has 2 atom stereocenters. The predicted octanol–water partition coefficient (Wildman–Crippen LogP) is 0.341. The molecular formula is C16H22N2O6. The van der Waals surface area contributed by atoms with Gasteiger partial charge in [-0.2, -0.15) is 0 Å². The van der Waals surface area contributed by atoms with E-state index in [1.54, 1.807) is 0 Å². The minimum absolute atomic E-state index is 0.111. The molecule has 0 radical (unpaired) electrons. The molecule has 24 heavy (non-hydrogen) atoms. The first-order chi connectivity index (χ1) is 11.4. The molecule has 132 valence electrons. The lowest BCUT2D eigenvalue weighted by molar-refractivity contribution is -0.144. The minimum atomic E-state index is -1.10. The highest BCUT2D eigenvalue weighted by molar-refractivity contribution is 5.84. The predicted molar refractivity (Wildman–Crippen MR) is 84.9 cm³/mol. The lowest BCUT2D eigenvalue weighted by atomic mass is 10.2. The van der Waals surface area contributed by atoms with Gasteiger partial charge in [-0.3, -0.25) is 4.79 Å². The molecule has 0 aliphatic heterocycles. The van der Waals surface area contributed by atoms with E-state index < -0.39 is 30.1 Å². The molecule has 0 fully saturated rings. The van der Waals surface area contributed by atoms with Gasteiger partial charge >= 0.3 is 12.1 Å². The van der Waals surface area contributed by atoms with Gasteiger partial charge < -0.3 is 25.2 Å². The highest BCUT2D eigenvalue weighted by Gasteiger charge is 2.18. The Bertz CT molecular complexity index is 549. The Morgan fingerprint density at radius 1 is 1.21 bits per heavy atom. The van der Waals surface area contributed by atoms with Gasteiger partial charge in [0, 0.05) is 6.54 Å². The van der Waals surface area contributed by atoms with Gasteiger partial charge in [-0.25, -0.2) is 9.59 Å². The summed E-state index contributed by atoms with van der Waals surface area (Å²) in [5, 5.41) is 14.5. The molecule has 0 bridgehead atoms. The zero-order valence-corrected chi connectivity index (χ0v) is 13.7. The van der Waals surface area contributed by atoms with E-state index in [9.17, 15) is 19.5 Å². The minimum Gasteiger partial charge on any atom is -0.467 e. The fraction of sp³-hybridized carbons (Fsp3) is 0.438. The van der Waals surface area contributed by atoms with E-state index in [1.165, 1.54) is 14.0 Å². The average Bonchev–Trinajstić information content (AvgIpc) is 2.58. The number of rotatable bonds is 8. The zero-order chi connectivity index (χ0) is 17.9. The fourth-order valence-corrected chi connectivity index (χ4v) is 1.80. The van der Waals surface area contributed by atoms with Crippen LogP contribution in [-0.4, -0.2) is 48.9 Å². The average molecular weight is 338 g/mol. The van der Waals surface area contributed by atoms with E-state index in [0.29, 0.717) is 0 Å². The van der Waals surface area contributed by atoms with E-state index in [-0.39, 0.29) is 19.6 Å². The number of methoxy groups -OCH3 is 1. The van der Waals surface area contributed by atoms with Crippen LogP contribution in [0.2, 0.25) is 0 Å². The number of aliphatic hydroxyl groups excluding tert-OH is 1. The summed E-state index contributed by atoms with van der Waals surface area (Å²) in [6, 6.07) is 8.33. The smallest absolute Gasteiger partial charge is 0.407 e. The summed E-state index contributed by atoms with van der Waals surface area (Å²) in [4.78, 5) is 34.3. The molecular weight excluding hydrogens is 316 g/mol. The van der Waals surface area contributed by atoms with Crippen LogP contribution in [0.15, 0.2) is 30.3 Å². The van der Waals surface area contributed by atoms with Gasteiger partial charge in [0.1, 0.15) is 12.6 Å². The van der Waals surface area contributed by atoms with Gasteiger partial charge in [0.25, 0.3) is 0 Å². The Kier molecular flexibility index (Phi) is 8.28. The highest BCUT2D eigenvalue weighted by atomic mass is 16.5. The van der Waals surface area contributed by atoms with Gasteiger partial charge in [-0.05, 0) is 12.5 Å². The maximum atomic E-state index is 11.6. The van der Waals surface area contributed by atoms with Crippen molar-refractivity contribution in [3.8, 4) is 0 Å². The first-order valence-electron chi connectivity index (χ1n) is 7.42. The molecule has 3 N–H and O–H groups in total. The normalized spacial score (nSPS) is 12.6. The number of amides is 2. The first-order valence-corrected chi connectivity index (χ1v) is 7.42. The summed E-state index contributed by atoms with van der Waals surface area (Å²) in [5.41, 5.74) is 0.837. The maximum absolute atomic E-state index is 11.6. The number of carbonyl (C=O) groups is 3. The summed E-state index contributed by atoms with van der Waals surface area (Å²) in [7, 11) is 1.21. The number of nitrogens with one attached hydrogen (secondary N) is 2. The quantitative estimate of drug-likeness (QED) is 0.589. The highest BCUT2D eigenvalue weighted by Crippen LogP contribution is 2.00. The number of ether oxygens (including phenoxy) is 2. The number of aliphatic hydroxyl groups is 1. The van der Waals surface area contributed by atoms with E-state index in [2.05, 4.69) is 15.4 Å². The van der Waals surface area contributed by atoms with E-state index >= 15 is 0 Å². The third-order valence-corrected chi connectivity index (χ3v) is 3.05. The second kappa shape index (κ2) is 10.2. The van der Waals surface area contributed by atoms with Crippen molar-refractivity contribution in [1.29, 1.82) is 0 Å². The third kappa shape index (κ3) is 7.59. The topological polar surface area (TPSA) is 114 Å². The number of hydrogen-bond donors (Lipinski definition) is 3. The van der Waals surface area contributed by atoms with Crippen molar-refractivity contribution < 1.29 is 29.0 Å². The molecule has 0 heterocycles. The molecule has 1 aromatic rings. The first kappa shape index (κ1) is 19.4. The molecule has 8 heteroatoms. The summed E-state index contributed by atoms with van der Waals surface area (Å²) < 4.78 is 9.44. The molecule has 8 nitrogen and oxygen atoms in total. The van der Waals surface area contributed by atoms with Crippen molar-refractivity contribution in [3.05, 3.63) is 35.9 Å². The molecule has 2 amide bonds. The SMILES string of the molecule is COC(=O)[C@@H](C)NC(=O)C[C@@H](O)CNC(=O)OCc1ccccc1. The summed E-state index contributed by atoms with van der Waals surface area (Å²) in [5.74, 6) is -1.11. The number of hydrogen-bond acceptors (Lipinski definition) is 6. The fourth-order valence-electron chi connectivity index (χ4n) is 1.80. The third-order valence-electron chi connectivity index (χ3n) is 3.05. The monoisotopic (exact) mass is 338 g/mol. The maximum Gasteiger partial charge on any atom is 0.407 e.